The highest BCUT2D eigenvalue weighted by Gasteiger charge is 2.27. The van der Waals surface area contributed by atoms with Crippen molar-refractivity contribution in [2.75, 3.05) is 0 Å². The average Bonchev–Trinajstić information content (AvgIpc) is 2.62. The number of ether oxygens (including phenoxy) is 1. The van der Waals surface area contributed by atoms with Crippen LogP contribution < -0.4 is 10.3 Å². The molecule has 0 radical (unpaired) electrons. The fourth-order valence-corrected chi connectivity index (χ4v) is 2.93. The van der Waals surface area contributed by atoms with Crippen molar-refractivity contribution in [1.82, 2.24) is 4.57 Å². The van der Waals surface area contributed by atoms with E-state index in [0.717, 1.165) is 10.1 Å². The van der Waals surface area contributed by atoms with Crippen LogP contribution in [0.1, 0.15) is 60.7 Å². The SMILES string of the molecule is CCn1c(O)c(C(=O)C(C)Oc2ccc(C(C)C)cc2)c(C)c(C#N)c1=O. The third kappa shape index (κ3) is 3.87. The Morgan fingerprint density at radius 3 is 2.33 bits per heavy atom. The molecule has 1 aromatic carbocycles. The first-order chi connectivity index (χ1) is 12.7. The van der Waals surface area contributed by atoms with Crippen molar-refractivity contribution in [2.24, 2.45) is 0 Å². The standard InChI is InChI=1S/C21H24N2O4/c1-6-23-20(25)17(11-22)13(4)18(21(23)26)19(24)14(5)27-16-9-7-15(8-10-16)12(2)3/h7-10,12,14,26H,6H2,1-5H3. The lowest BCUT2D eigenvalue weighted by atomic mass is 9.99. The van der Waals surface area contributed by atoms with E-state index in [9.17, 15) is 20.0 Å². The molecule has 6 nitrogen and oxygen atoms in total. The zero-order chi connectivity index (χ0) is 20.3. The van der Waals surface area contributed by atoms with Crippen molar-refractivity contribution >= 4 is 5.78 Å². The predicted molar refractivity (Wildman–Crippen MR) is 102 cm³/mol. The van der Waals surface area contributed by atoms with E-state index in [1.54, 1.807) is 26.0 Å². The monoisotopic (exact) mass is 368 g/mol. The van der Waals surface area contributed by atoms with Gasteiger partial charge in [-0.15, -0.1) is 0 Å². The summed E-state index contributed by atoms with van der Waals surface area (Å²) < 4.78 is 6.74. The maximum atomic E-state index is 12.9. The first-order valence-corrected chi connectivity index (χ1v) is 8.90. The minimum atomic E-state index is -0.895. The van der Waals surface area contributed by atoms with Crippen LogP contribution in [0, 0.1) is 18.3 Å². The highest BCUT2D eigenvalue weighted by atomic mass is 16.5. The zero-order valence-corrected chi connectivity index (χ0v) is 16.2. The van der Waals surface area contributed by atoms with Crippen molar-refractivity contribution < 1.29 is 14.6 Å². The van der Waals surface area contributed by atoms with Crippen LogP contribution in [0.5, 0.6) is 11.6 Å². The normalized spacial score (nSPS) is 11.9. The van der Waals surface area contributed by atoms with Gasteiger partial charge in [-0.1, -0.05) is 26.0 Å². The van der Waals surface area contributed by atoms with Crippen molar-refractivity contribution in [3.05, 3.63) is 56.9 Å². The molecule has 0 saturated carbocycles. The van der Waals surface area contributed by atoms with Crippen LogP contribution in [0.15, 0.2) is 29.1 Å². The number of carbonyl (C=O) groups excluding carboxylic acids is 1. The lowest BCUT2D eigenvalue weighted by molar-refractivity contribution is 0.0812. The summed E-state index contributed by atoms with van der Waals surface area (Å²) in [7, 11) is 0. The van der Waals surface area contributed by atoms with E-state index in [-0.39, 0.29) is 23.2 Å². The summed E-state index contributed by atoms with van der Waals surface area (Å²) in [6.07, 6.45) is -0.895. The number of ketones is 1. The molecule has 1 N–H and O–H groups in total. The summed E-state index contributed by atoms with van der Waals surface area (Å²) in [4.78, 5) is 25.1. The van der Waals surface area contributed by atoms with E-state index in [4.69, 9.17) is 4.74 Å². The molecule has 0 spiro atoms. The first kappa shape index (κ1) is 20.2. The number of nitriles is 1. The van der Waals surface area contributed by atoms with Crippen molar-refractivity contribution in [3.63, 3.8) is 0 Å². The maximum Gasteiger partial charge on any atom is 0.271 e. The molecular weight excluding hydrogens is 344 g/mol. The van der Waals surface area contributed by atoms with E-state index in [1.807, 2.05) is 18.2 Å². The molecule has 1 aromatic heterocycles. The molecule has 0 aliphatic heterocycles. The van der Waals surface area contributed by atoms with Gasteiger partial charge in [0.25, 0.3) is 5.56 Å². The molecule has 27 heavy (non-hydrogen) atoms. The fraction of sp³-hybridized carbons (Fsp3) is 0.381. The molecule has 1 heterocycles. The molecule has 0 aliphatic carbocycles. The summed E-state index contributed by atoms with van der Waals surface area (Å²) in [6.45, 7) is 9.03. The van der Waals surface area contributed by atoms with Crippen LogP contribution in [0.4, 0.5) is 0 Å². The lowest BCUT2D eigenvalue weighted by Gasteiger charge is -2.18. The van der Waals surface area contributed by atoms with E-state index < -0.39 is 23.3 Å². The lowest BCUT2D eigenvalue weighted by Crippen LogP contribution is -2.30. The largest absolute Gasteiger partial charge is 0.494 e. The molecular formula is C21H24N2O4. The summed E-state index contributed by atoms with van der Waals surface area (Å²) in [5, 5.41) is 19.7. The molecule has 142 valence electrons. The molecule has 2 rings (SSSR count). The van der Waals surface area contributed by atoms with Gasteiger partial charge in [0, 0.05) is 6.54 Å². The van der Waals surface area contributed by atoms with Gasteiger partial charge >= 0.3 is 0 Å². The fourth-order valence-electron chi connectivity index (χ4n) is 2.93. The number of benzene rings is 1. The van der Waals surface area contributed by atoms with Crippen LogP contribution in [0.3, 0.4) is 0 Å². The van der Waals surface area contributed by atoms with Gasteiger partial charge in [0.05, 0.1) is 5.56 Å². The minimum Gasteiger partial charge on any atom is -0.494 e. The van der Waals surface area contributed by atoms with Gasteiger partial charge in [-0.25, -0.2) is 0 Å². The number of nitrogens with zero attached hydrogens (tertiary/aromatic N) is 2. The number of hydrogen-bond acceptors (Lipinski definition) is 5. The van der Waals surface area contributed by atoms with Crippen molar-refractivity contribution in [3.8, 4) is 17.7 Å². The van der Waals surface area contributed by atoms with Crippen LogP contribution in [0.2, 0.25) is 0 Å². The number of aromatic nitrogens is 1. The number of rotatable bonds is 6. The van der Waals surface area contributed by atoms with Gasteiger partial charge in [-0.3, -0.25) is 14.2 Å². The maximum absolute atomic E-state index is 12.9. The Balaban J connectivity index is 2.39. The Morgan fingerprint density at radius 1 is 1.26 bits per heavy atom. The highest BCUT2D eigenvalue weighted by Crippen LogP contribution is 2.25. The Kier molecular flexibility index (Phi) is 6.06. The summed E-state index contributed by atoms with van der Waals surface area (Å²) in [6, 6.07) is 9.28. The van der Waals surface area contributed by atoms with Gasteiger partial charge < -0.3 is 9.84 Å². The Hall–Kier alpha value is -3.07. The number of hydrogen-bond donors (Lipinski definition) is 1. The predicted octanol–water partition coefficient (Wildman–Crippen LogP) is 3.53. The van der Waals surface area contributed by atoms with Crippen LogP contribution >= 0.6 is 0 Å². The molecule has 1 unspecified atom stereocenters. The molecule has 0 bridgehead atoms. The van der Waals surface area contributed by atoms with E-state index in [1.165, 1.54) is 6.92 Å². The van der Waals surface area contributed by atoms with Crippen LogP contribution in [-0.4, -0.2) is 21.6 Å². The molecule has 1 atom stereocenters. The van der Waals surface area contributed by atoms with E-state index in [0.29, 0.717) is 11.7 Å². The highest BCUT2D eigenvalue weighted by molar-refractivity contribution is 6.03. The third-order valence-corrected chi connectivity index (χ3v) is 4.59. The van der Waals surface area contributed by atoms with Gasteiger partial charge in [0.2, 0.25) is 11.7 Å². The smallest absolute Gasteiger partial charge is 0.271 e. The number of pyridine rings is 1. The molecule has 0 aliphatic rings. The summed E-state index contributed by atoms with van der Waals surface area (Å²) in [5.41, 5.74) is 0.513. The molecule has 0 saturated heterocycles. The third-order valence-electron chi connectivity index (χ3n) is 4.59. The zero-order valence-electron chi connectivity index (χ0n) is 16.2. The first-order valence-electron chi connectivity index (χ1n) is 8.90. The second-order valence-corrected chi connectivity index (χ2v) is 6.71. The molecule has 0 amide bonds. The molecule has 6 heteroatoms. The van der Waals surface area contributed by atoms with E-state index >= 15 is 0 Å². The van der Waals surface area contributed by atoms with Crippen molar-refractivity contribution in [2.45, 2.75) is 53.2 Å². The average molecular weight is 368 g/mol. The quantitative estimate of drug-likeness (QED) is 0.788. The second-order valence-electron chi connectivity index (χ2n) is 6.71. The van der Waals surface area contributed by atoms with Crippen LogP contribution in [0.25, 0.3) is 0 Å². The Labute approximate surface area is 158 Å². The Bertz CT molecular complexity index is 950. The second kappa shape index (κ2) is 8.09. The van der Waals surface area contributed by atoms with Gasteiger partial charge in [-0.2, -0.15) is 5.26 Å². The molecule has 0 fully saturated rings. The van der Waals surface area contributed by atoms with E-state index in [2.05, 4.69) is 13.8 Å². The van der Waals surface area contributed by atoms with Crippen LogP contribution in [-0.2, 0) is 6.54 Å². The molecule has 2 aromatic rings. The van der Waals surface area contributed by atoms with Gasteiger partial charge in [0.15, 0.2) is 6.10 Å². The topological polar surface area (TPSA) is 92.3 Å². The van der Waals surface area contributed by atoms with Gasteiger partial charge in [0.1, 0.15) is 17.4 Å². The number of aromatic hydroxyl groups is 1. The summed E-state index contributed by atoms with van der Waals surface area (Å²) >= 11 is 0. The number of Topliss-reactive ketones (excluding diaryl/α,β-unsaturated/α-hetero) is 1. The summed E-state index contributed by atoms with van der Waals surface area (Å²) in [5.74, 6) is -0.00912. The van der Waals surface area contributed by atoms with Gasteiger partial charge in [-0.05, 0) is 49.9 Å². The number of carbonyl (C=O) groups is 1. The minimum absolute atomic E-state index is 0.0562. The van der Waals surface area contributed by atoms with Crippen molar-refractivity contribution in [1.29, 1.82) is 5.26 Å². The Morgan fingerprint density at radius 2 is 1.85 bits per heavy atom.